The first-order chi connectivity index (χ1) is 13.5. The Morgan fingerprint density at radius 2 is 1.61 bits per heavy atom. The number of benzene rings is 2. The van der Waals surface area contributed by atoms with Crippen molar-refractivity contribution >= 4 is 25.7 Å². The Bertz CT molecular complexity index is 752. The van der Waals surface area contributed by atoms with Gasteiger partial charge in [-0.25, -0.2) is 4.79 Å². The molecule has 0 radical (unpaired) electrons. The number of carbonyl (C=O) groups is 1. The molecule has 0 aliphatic rings. The summed E-state index contributed by atoms with van der Waals surface area (Å²) in [5, 5.41) is 14.1. The highest BCUT2D eigenvalue weighted by atomic mass is 28.4. The van der Waals surface area contributed by atoms with Gasteiger partial charge in [-0.1, -0.05) is 12.1 Å². The van der Waals surface area contributed by atoms with Crippen LogP contribution >= 0.6 is 0 Å². The second kappa shape index (κ2) is 11.0. The van der Waals surface area contributed by atoms with E-state index in [0.717, 1.165) is 10.8 Å². The number of rotatable bonds is 11. The topological polar surface area (TPSA) is 86.3 Å². The van der Waals surface area contributed by atoms with Gasteiger partial charge in [-0.2, -0.15) is 0 Å². The van der Waals surface area contributed by atoms with E-state index in [9.17, 15) is 9.90 Å². The molecular formula is C20H29NO6Si. The van der Waals surface area contributed by atoms with E-state index in [4.69, 9.17) is 18.0 Å². The highest BCUT2D eigenvalue weighted by Crippen LogP contribution is 2.24. The van der Waals surface area contributed by atoms with Crippen molar-refractivity contribution in [3.63, 3.8) is 0 Å². The van der Waals surface area contributed by atoms with Gasteiger partial charge >= 0.3 is 14.9 Å². The molecule has 0 aromatic heterocycles. The van der Waals surface area contributed by atoms with E-state index in [1.165, 1.54) is 0 Å². The fourth-order valence-corrected chi connectivity index (χ4v) is 5.53. The van der Waals surface area contributed by atoms with E-state index in [0.29, 0.717) is 44.6 Å². The fraction of sp³-hybridized carbons (Fsp3) is 0.450. The molecule has 2 N–H and O–H groups in total. The number of amides is 1. The van der Waals surface area contributed by atoms with Crippen LogP contribution in [0.5, 0.6) is 11.5 Å². The summed E-state index contributed by atoms with van der Waals surface area (Å²) in [7, 11) is -2.69. The predicted molar refractivity (Wildman–Crippen MR) is 110 cm³/mol. The maximum absolute atomic E-state index is 12.1. The van der Waals surface area contributed by atoms with Crippen LogP contribution in [0.15, 0.2) is 36.4 Å². The molecule has 0 unspecified atom stereocenters. The lowest BCUT2D eigenvalue weighted by molar-refractivity contribution is 0.0708. The smallest absolute Gasteiger partial charge is 0.500 e. The average Bonchev–Trinajstić information content (AvgIpc) is 2.65. The first-order valence-electron chi connectivity index (χ1n) is 9.62. The Labute approximate surface area is 166 Å². The van der Waals surface area contributed by atoms with Crippen LogP contribution in [0.2, 0.25) is 6.04 Å². The molecule has 0 heterocycles. The fourth-order valence-electron chi connectivity index (χ4n) is 2.92. The van der Waals surface area contributed by atoms with Crippen LogP contribution in [0, 0.1) is 0 Å². The van der Waals surface area contributed by atoms with E-state index in [1.54, 1.807) is 30.3 Å². The standard InChI is InChI=1S/C20H29NO6Si/c1-4-24-28(25-5-2,26-6-3)13-7-12-21-20(23)27-19-11-9-16-8-10-18(22)14-17(16)15-19/h8-11,14-15,22H,4-7,12-13H2,1-3H3,(H,21,23). The van der Waals surface area contributed by atoms with Crippen molar-refractivity contribution in [2.75, 3.05) is 26.4 Å². The molecule has 2 aromatic rings. The lowest BCUT2D eigenvalue weighted by Crippen LogP contribution is -2.46. The molecule has 28 heavy (non-hydrogen) atoms. The third-order valence-electron chi connectivity index (χ3n) is 4.03. The Kier molecular flexibility index (Phi) is 8.71. The Morgan fingerprint density at radius 3 is 2.25 bits per heavy atom. The molecule has 0 fully saturated rings. The molecule has 154 valence electrons. The summed E-state index contributed by atoms with van der Waals surface area (Å²) in [5.41, 5.74) is 0. The molecule has 1 amide bonds. The van der Waals surface area contributed by atoms with Gasteiger partial charge in [0.1, 0.15) is 11.5 Å². The molecule has 0 spiro atoms. The lowest BCUT2D eigenvalue weighted by atomic mass is 10.1. The third-order valence-corrected chi connectivity index (χ3v) is 7.18. The van der Waals surface area contributed by atoms with E-state index in [2.05, 4.69) is 5.32 Å². The Morgan fingerprint density at radius 1 is 0.964 bits per heavy atom. The van der Waals surface area contributed by atoms with Crippen LogP contribution in [-0.4, -0.2) is 46.4 Å². The zero-order chi connectivity index (χ0) is 20.4. The maximum atomic E-state index is 12.1. The summed E-state index contributed by atoms with van der Waals surface area (Å²) in [5.74, 6) is 0.580. The number of phenols is 1. The van der Waals surface area contributed by atoms with Crippen LogP contribution in [0.4, 0.5) is 4.79 Å². The predicted octanol–water partition coefficient (Wildman–Crippen LogP) is 4.07. The molecule has 0 aliphatic heterocycles. The highest BCUT2D eigenvalue weighted by Gasteiger charge is 2.39. The number of carbonyl (C=O) groups excluding carboxylic acids is 1. The van der Waals surface area contributed by atoms with E-state index in [1.807, 2.05) is 26.8 Å². The molecule has 0 atom stereocenters. The minimum absolute atomic E-state index is 0.166. The summed E-state index contributed by atoms with van der Waals surface area (Å²) in [6, 6.07) is 10.9. The minimum Gasteiger partial charge on any atom is -0.508 e. The SMILES string of the molecule is CCO[Si](CCCNC(=O)Oc1ccc2ccc(O)cc2c1)(OCC)OCC. The normalized spacial score (nSPS) is 11.5. The first kappa shape index (κ1) is 22.2. The third kappa shape index (κ3) is 6.49. The molecule has 8 heteroatoms. The molecule has 7 nitrogen and oxygen atoms in total. The second-order valence-corrected chi connectivity index (χ2v) is 8.83. The van der Waals surface area contributed by atoms with Crippen molar-refractivity contribution in [2.45, 2.75) is 33.2 Å². The van der Waals surface area contributed by atoms with E-state index >= 15 is 0 Å². The highest BCUT2D eigenvalue weighted by molar-refractivity contribution is 6.60. The number of phenolic OH excluding ortho intramolecular Hbond substituents is 1. The van der Waals surface area contributed by atoms with Crippen molar-refractivity contribution in [2.24, 2.45) is 0 Å². The number of hydrogen-bond acceptors (Lipinski definition) is 6. The monoisotopic (exact) mass is 407 g/mol. The largest absolute Gasteiger partial charge is 0.508 e. The van der Waals surface area contributed by atoms with Crippen molar-refractivity contribution < 1.29 is 27.9 Å². The second-order valence-electron chi connectivity index (χ2n) is 6.10. The molecule has 0 bridgehead atoms. The summed E-state index contributed by atoms with van der Waals surface area (Å²) in [4.78, 5) is 12.1. The van der Waals surface area contributed by atoms with Gasteiger partial charge < -0.3 is 28.4 Å². The van der Waals surface area contributed by atoms with Gasteiger partial charge in [-0.05, 0) is 62.2 Å². The molecule has 2 rings (SSSR count). The Hall–Kier alpha value is -2.13. The van der Waals surface area contributed by atoms with Gasteiger partial charge in [0.25, 0.3) is 0 Å². The number of aromatic hydroxyl groups is 1. The van der Waals surface area contributed by atoms with Crippen LogP contribution in [0.3, 0.4) is 0 Å². The molecule has 0 saturated heterocycles. The maximum Gasteiger partial charge on any atom is 0.500 e. The van der Waals surface area contributed by atoms with Gasteiger partial charge in [0.05, 0.1) is 0 Å². The molecular weight excluding hydrogens is 378 g/mol. The van der Waals surface area contributed by atoms with Crippen LogP contribution in [0.25, 0.3) is 10.8 Å². The van der Waals surface area contributed by atoms with E-state index < -0.39 is 14.9 Å². The van der Waals surface area contributed by atoms with Crippen molar-refractivity contribution in [1.82, 2.24) is 5.32 Å². The van der Waals surface area contributed by atoms with Gasteiger partial charge in [0.15, 0.2) is 0 Å². The minimum atomic E-state index is -2.69. The molecule has 2 aromatic carbocycles. The van der Waals surface area contributed by atoms with Crippen LogP contribution in [0.1, 0.15) is 27.2 Å². The van der Waals surface area contributed by atoms with E-state index in [-0.39, 0.29) is 5.75 Å². The van der Waals surface area contributed by atoms with Crippen molar-refractivity contribution in [1.29, 1.82) is 0 Å². The number of nitrogens with one attached hydrogen (secondary N) is 1. The summed E-state index contributed by atoms with van der Waals surface area (Å²) in [6.45, 7) is 7.75. The Balaban J connectivity index is 1.84. The number of fused-ring (bicyclic) bond motifs is 1. The van der Waals surface area contributed by atoms with Crippen molar-refractivity contribution in [3.05, 3.63) is 36.4 Å². The van der Waals surface area contributed by atoms with Gasteiger partial charge in [-0.15, -0.1) is 0 Å². The van der Waals surface area contributed by atoms with Crippen LogP contribution < -0.4 is 10.1 Å². The summed E-state index contributed by atoms with van der Waals surface area (Å²) >= 11 is 0. The van der Waals surface area contributed by atoms with Crippen molar-refractivity contribution in [3.8, 4) is 11.5 Å². The molecule has 0 saturated carbocycles. The number of ether oxygens (including phenoxy) is 1. The number of hydrogen-bond donors (Lipinski definition) is 2. The zero-order valence-electron chi connectivity index (χ0n) is 16.7. The van der Waals surface area contributed by atoms with Crippen LogP contribution in [-0.2, 0) is 13.3 Å². The van der Waals surface area contributed by atoms with Gasteiger partial charge in [-0.3, -0.25) is 0 Å². The zero-order valence-corrected chi connectivity index (χ0v) is 17.7. The van der Waals surface area contributed by atoms with Gasteiger partial charge in [0, 0.05) is 32.4 Å². The molecule has 0 aliphatic carbocycles. The first-order valence-corrected chi connectivity index (χ1v) is 11.6. The summed E-state index contributed by atoms with van der Waals surface area (Å²) in [6.07, 6.45) is 0.128. The van der Waals surface area contributed by atoms with Gasteiger partial charge in [0.2, 0.25) is 0 Å². The lowest BCUT2D eigenvalue weighted by Gasteiger charge is -2.28. The quantitative estimate of drug-likeness (QED) is 0.431. The average molecular weight is 408 g/mol. The summed E-state index contributed by atoms with van der Waals surface area (Å²) < 4.78 is 22.7.